The zero-order valence-electron chi connectivity index (χ0n) is 14.1. The molecular formula is C18H26N2O3. The van der Waals surface area contributed by atoms with E-state index >= 15 is 0 Å². The average Bonchev–Trinajstić information content (AvgIpc) is 2.46. The zero-order valence-corrected chi connectivity index (χ0v) is 14.1. The second-order valence-electron chi connectivity index (χ2n) is 7.32. The highest BCUT2D eigenvalue weighted by atomic mass is 16.4. The Hall–Kier alpha value is -2.04. The monoisotopic (exact) mass is 318 g/mol. The van der Waals surface area contributed by atoms with Gasteiger partial charge in [0.1, 0.15) is 0 Å². The molecule has 1 aromatic rings. The van der Waals surface area contributed by atoms with E-state index < -0.39 is 6.09 Å². The Balaban J connectivity index is 1.88. The molecule has 1 aromatic carbocycles. The van der Waals surface area contributed by atoms with Crippen molar-refractivity contribution in [1.29, 1.82) is 0 Å². The van der Waals surface area contributed by atoms with Crippen LogP contribution in [-0.2, 0) is 6.42 Å². The molecular weight excluding hydrogens is 292 g/mol. The van der Waals surface area contributed by atoms with Crippen LogP contribution >= 0.6 is 0 Å². The van der Waals surface area contributed by atoms with Gasteiger partial charge in [-0.1, -0.05) is 12.1 Å². The first-order valence-corrected chi connectivity index (χ1v) is 8.14. The smallest absolute Gasteiger partial charge is 0.407 e. The zero-order chi connectivity index (χ0) is 17.0. The van der Waals surface area contributed by atoms with Gasteiger partial charge in [0.25, 0.3) is 5.91 Å². The molecule has 5 nitrogen and oxygen atoms in total. The van der Waals surface area contributed by atoms with Gasteiger partial charge in [-0.15, -0.1) is 0 Å². The number of piperidine rings is 1. The predicted octanol–water partition coefficient (Wildman–Crippen LogP) is 3.15. The maximum Gasteiger partial charge on any atom is 0.407 e. The number of carbonyl (C=O) groups is 2. The summed E-state index contributed by atoms with van der Waals surface area (Å²) < 4.78 is 0. The van der Waals surface area contributed by atoms with Gasteiger partial charge in [0.2, 0.25) is 0 Å². The third-order valence-electron chi connectivity index (χ3n) is 4.11. The highest BCUT2D eigenvalue weighted by Gasteiger charge is 2.22. The van der Waals surface area contributed by atoms with Crippen LogP contribution in [-0.4, -0.2) is 40.6 Å². The molecule has 1 aliphatic rings. The van der Waals surface area contributed by atoms with Crippen LogP contribution in [0.15, 0.2) is 24.3 Å². The van der Waals surface area contributed by atoms with Crippen LogP contribution in [0.5, 0.6) is 0 Å². The Morgan fingerprint density at radius 2 is 1.74 bits per heavy atom. The van der Waals surface area contributed by atoms with Crippen LogP contribution in [0.3, 0.4) is 0 Å². The van der Waals surface area contributed by atoms with Gasteiger partial charge < -0.3 is 15.3 Å². The topological polar surface area (TPSA) is 69.6 Å². The van der Waals surface area contributed by atoms with E-state index in [1.54, 1.807) is 0 Å². The molecule has 0 radical (unpaired) electrons. The molecule has 0 aliphatic carbocycles. The number of rotatable bonds is 3. The lowest BCUT2D eigenvalue weighted by Crippen LogP contribution is -2.40. The molecule has 0 spiro atoms. The highest BCUT2D eigenvalue weighted by Crippen LogP contribution is 2.22. The SMILES string of the molecule is CC(C)(C)NC(=O)c1ccc(CC2CCN(C(=O)O)CC2)cc1. The number of likely N-dealkylation sites (tertiary alicyclic amines) is 1. The normalized spacial score (nSPS) is 16.2. The fourth-order valence-corrected chi connectivity index (χ4v) is 2.87. The molecule has 1 fully saturated rings. The minimum absolute atomic E-state index is 0.0567. The molecule has 2 N–H and O–H groups in total. The quantitative estimate of drug-likeness (QED) is 0.899. The summed E-state index contributed by atoms with van der Waals surface area (Å²) in [5.41, 5.74) is 1.63. The van der Waals surface area contributed by atoms with Gasteiger partial charge in [-0.05, 0) is 63.6 Å². The number of nitrogens with zero attached hydrogens (tertiary/aromatic N) is 1. The van der Waals surface area contributed by atoms with E-state index in [1.165, 1.54) is 10.5 Å². The van der Waals surface area contributed by atoms with Crippen molar-refractivity contribution in [2.75, 3.05) is 13.1 Å². The molecule has 1 aliphatic heterocycles. The Morgan fingerprint density at radius 3 is 2.22 bits per heavy atom. The van der Waals surface area contributed by atoms with Gasteiger partial charge in [-0.25, -0.2) is 4.79 Å². The van der Waals surface area contributed by atoms with E-state index in [4.69, 9.17) is 5.11 Å². The van der Waals surface area contributed by atoms with Gasteiger partial charge in [0, 0.05) is 24.2 Å². The second-order valence-corrected chi connectivity index (χ2v) is 7.32. The summed E-state index contributed by atoms with van der Waals surface area (Å²) in [6, 6.07) is 7.73. The van der Waals surface area contributed by atoms with Crippen molar-refractivity contribution in [2.24, 2.45) is 5.92 Å². The summed E-state index contributed by atoms with van der Waals surface area (Å²) >= 11 is 0. The lowest BCUT2D eigenvalue weighted by atomic mass is 9.90. The van der Waals surface area contributed by atoms with Crippen LogP contribution in [0.4, 0.5) is 4.79 Å². The van der Waals surface area contributed by atoms with E-state index in [9.17, 15) is 9.59 Å². The minimum atomic E-state index is -0.822. The number of benzene rings is 1. The highest BCUT2D eigenvalue weighted by molar-refractivity contribution is 5.94. The summed E-state index contributed by atoms with van der Waals surface area (Å²) in [5, 5.41) is 11.9. The summed E-state index contributed by atoms with van der Waals surface area (Å²) in [6.45, 7) is 7.12. The van der Waals surface area contributed by atoms with Gasteiger partial charge in [0.05, 0.1) is 0 Å². The second kappa shape index (κ2) is 7.02. The first kappa shape index (κ1) is 17.3. The van der Waals surface area contributed by atoms with Gasteiger partial charge >= 0.3 is 6.09 Å². The van der Waals surface area contributed by atoms with Gasteiger partial charge in [-0.3, -0.25) is 4.79 Å². The van der Waals surface area contributed by atoms with Crippen molar-refractivity contribution in [1.82, 2.24) is 10.2 Å². The number of hydrogen-bond donors (Lipinski definition) is 2. The number of carboxylic acid groups (broad SMARTS) is 1. The Bertz CT molecular complexity index is 553. The lowest BCUT2D eigenvalue weighted by molar-refractivity contribution is 0.0919. The summed E-state index contributed by atoms with van der Waals surface area (Å²) in [7, 11) is 0. The molecule has 0 bridgehead atoms. The van der Waals surface area contributed by atoms with Crippen LogP contribution in [0.2, 0.25) is 0 Å². The first-order valence-electron chi connectivity index (χ1n) is 8.14. The molecule has 2 amide bonds. The fraction of sp³-hybridized carbons (Fsp3) is 0.556. The summed E-state index contributed by atoms with van der Waals surface area (Å²) in [4.78, 5) is 24.5. The molecule has 126 valence electrons. The van der Waals surface area contributed by atoms with Crippen LogP contribution in [0.1, 0.15) is 49.5 Å². The van der Waals surface area contributed by atoms with Gasteiger partial charge in [-0.2, -0.15) is 0 Å². The largest absolute Gasteiger partial charge is 0.465 e. The van der Waals surface area contributed by atoms with Crippen LogP contribution < -0.4 is 5.32 Å². The number of amides is 2. The Kier molecular flexibility index (Phi) is 5.29. The molecule has 0 unspecified atom stereocenters. The summed E-state index contributed by atoms with van der Waals surface area (Å²) in [5.74, 6) is 0.457. The van der Waals surface area contributed by atoms with Crippen molar-refractivity contribution in [3.63, 3.8) is 0 Å². The van der Waals surface area contributed by atoms with E-state index in [0.29, 0.717) is 24.6 Å². The molecule has 1 heterocycles. The van der Waals surface area contributed by atoms with Crippen LogP contribution in [0.25, 0.3) is 0 Å². The van der Waals surface area contributed by atoms with Crippen molar-refractivity contribution in [3.8, 4) is 0 Å². The third kappa shape index (κ3) is 5.27. The lowest BCUT2D eigenvalue weighted by Gasteiger charge is -2.30. The Morgan fingerprint density at radius 1 is 1.17 bits per heavy atom. The molecule has 0 saturated carbocycles. The van der Waals surface area contributed by atoms with E-state index in [-0.39, 0.29) is 11.4 Å². The van der Waals surface area contributed by atoms with Crippen molar-refractivity contribution in [2.45, 2.75) is 45.6 Å². The molecule has 0 atom stereocenters. The Labute approximate surface area is 137 Å². The van der Waals surface area contributed by atoms with E-state index in [2.05, 4.69) is 5.32 Å². The molecule has 23 heavy (non-hydrogen) atoms. The molecule has 2 rings (SSSR count). The fourth-order valence-electron chi connectivity index (χ4n) is 2.87. The number of carbonyl (C=O) groups excluding carboxylic acids is 1. The van der Waals surface area contributed by atoms with Gasteiger partial charge in [0.15, 0.2) is 0 Å². The third-order valence-corrected chi connectivity index (χ3v) is 4.11. The maximum absolute atomic E-state index is 12.1. The van der Waals surface area contributed by atoms with Crippen LogP contribution in [0, 0.1) is 5.92 Å². The number of nitrogens with one attached hydrogen (secondary N) is 1. The first-order chi connectivity index (χ1) is 10.7. The number of hydrogen-bond acceptors (Lipinski definition) is 2. The standard InChI is InChI=1S/C18H26N2O3/c1-18(2,3)19-16(21)15-6-4-13(5-7-15)12-14-8-10-20(11-9-14)17(22)23/h4-7,14H,8-12H2,1-3H3,(H,19,21)(H,22,23). The van der Waals surface area contributed by atoms with E-state index in [0.717, 1.165) is 19.3 Å². The summed E-state index contributed by atoms with van der Waals surface area (Å²) in [6.07, 6.45) is 1.92. The molecule has 5 heteroatoms. The van der Waals surface area contributed by atoms with Crippen molar-refractivity contribution >= 4 is 12.0 Å². The predicted molar refractivity (Wildman–Crippen MR) is 89.7 cm³/mol. The average molecular weight is 318 g/mol. The minimum Gasteiger partial charge on any atom is -0.465 e. The maximum atomic E-state index is 12.1. The molecule has 1 saturated heterocycles. The molecule has 0 aromatic heterocycles. The van der Waals surface area contributed by atoms with E-state index in [1.807, 2.05) is 45.0 Å². The van der Waals surface area contributed by atoms with Crippen molar-refractivity contribution in [3.05, 3.63) is 35.4 Å². The van der Waals surface area contributed by atoms with Crippen molar-refractivity contribution < 1.29 is 14.7 Å².